The summed E-state index contributed by atoms with van der Waals surface area (Å²) in [5.74, 6) is -0.852. The van der Waals surface area contributed by atoms with Gasteiger partial charge in [-0.2, -0.15) is 5.26 Å². The average Bonchev–Trinajstić information content (AvgIpc) is 2.39. The molecule has 1 aromatic carbocycles. The third-order valence-electron chi connectivity index (χ3n) is 3.85. The average molecular weight is 287 g/mol. The van der Waals surface area contributed by atoms with Crippen molar-refractivity contribution in [1.29, 1.82) is 5.26 Å². The van der Waals surface area contributed by atoms with Crippen LogP contribution in [0.5, 0.6) is 0 Å². The lowest BCUT2D eigenvalue weighted by molar-refractivity contribution is -0.153. The van der Waals surface area contributed by atoms with Crippen LogP contribution in [0.2, 0.25) is 0 Å². The molecule has 0 aromatic heterocycles. The second-order valence-electron chi connectivity index (χ2n) is 5.28. The fourth-order valence-corrected chi connectivity index (χ4v) is 2.29. The van der Waals surface area contributed by atoms with E-state index in [1.54, 1.807) is 24.3 Å². The van der Waals surface area contributed by atoms with Crippen LogP contribution in [-0.2, 0) is 11.2 Å². The van der Waals surface area contributed by atoms with Gasteiger partial charge in [-0.15, -0.1) is 0 Å². The number of anilines is 1. The minimum Gasteiger partial charge on any atom is -0.481 e. The van der Waals surface area contributed by atoms with Crippen LogP contribution in [0.4, 0.5) is 10.5 Å². The maximum absolute atomic E-state index is 11.8. The molecule has 0 atom stereocenters. The summed E-state index contributed by atoms with van der Waals surface area (Å²) in [5.41, 5.74) is 0.684. The Hall–Kier alpha value is -2.55. The Balaban J connectivity index is 1.84. The Morgan fingerprint density at radius 2 is 1.95 bits per heavy atom. The van der Waals surface area contributed by atoms with Crippen LogP contribution in [0.15, 0.2) is 24.3 Å². The number of hydrogen-bond donors (Lipinski definition) is 3. The summed E-state index contributed by atoms with van der Waals surface area (Å²) >= 11 is 0. The molecule has 0 spiro atoms. The van der Waals surface area contributed by atoms with Gasteiger partial charge in [0.1, 0.15) is 0 Å². The first-order valence-corrected chi connectivity index (χ1v) is 6.80. The zero-order valence-electron chi connectivity index (χ0n) is 11.6. The molecule has 2 rings (SSSR count). The highest BCUT2D eigenvalue weighted by Crippen LogP contribution is 2.40. The Morgan fingerprint density at radius 3 is 2.43 bits per heavy atom. The van der Waals surface area contributed by atoms with Crippen molar-refractivity contribution in [3.8, 4) is 6.07 Å². The van der Waals surface area contributed by atoms with Crippen LogP contribution >= 0.6 is 0 Å². The molecule has 1 aromatic rings. The van der Waals surface area contributed by atoms with Crippen LogP contribution in [-0.4, -0.2) is 23.7 Å². The first-order valence-electron chi connectivity index (χ1n) is 6.80. The summed E-state index contributed by atoms with van der Waals surface area (Å²) < 4.78 is 0. The molecule has 3 N–H and O–H groups in total. The second kappa shape index (κ2) is 6.27. The highest BCUT2D eigenvalue weighted by atomic mass is 16.4. The molecule has 21 heavy (non-hydrogen) atoms. The van der Waals surface area contributed by atoms with E-state index >= 15 is 0 Å². The van der Waals surface area contributed by atoms with Gasteiger partial charge in [0.15, 0.2) is 0 Å². The number of nitrogens with one attached hydrogen (secondary N) is 2. The van der Waals surface area contributed by atoms with Crippen molar-refractivity contribution >= 4 is 17.7 Å². The number of carboxylic acids is 1. The van der Waals surface area contributed by atoms with Crippen molar-refractivity contribution < 1.29 is 14.7 Å². The normalized spacial score (nSPS) is 15.4. The number of aliphatic carboxylic acids is 1. The van der Waals surface area contributed by atoms with E-state index in [-0.39, 0.29) is 6.54 Å². The van der Waals surface area contributed by atoms with E-state index in [2.05, 4.69) is 10.6 Å². The molecule has 1 aliphatic carbocycles. The summed E-state index contributed by atoms with van der Waals surface area (Å²) in [6.45, 7) is 0.140. The number of rotatable bonds is 5. The van der Waals surface area contributed by atoms with Gasteiger partial charge in [0.2, 0.25) is 0 Å². The monoisotopic (exact) mass is 287 g/mol. The smallest absolute Gasteiger partial charge is 0.319 e. The number of nitriles is 1. The van der Waals surface area contributed by atoms with Crippen molar-refractivity contribution in [2.45, 2.75) is 25.7 Å². The zero-order chi connectivity index (χ0) is 15.3. The maximum atomic E-state index is 11.8. The number of nitrogens with zero attached hydrogens (tertiary/aromatic N) is 1. The molecule has 0 saturated heterocycles. The van der Waals surface area contributed by atoms with Crippen molar-refractivity contribution in [2.75, 3.05) is 11.9 Å². The topological polar surface area (TPSA) is 102 Å². The number of benzene rings is 1. The summed E-state index contributed by atoms with van der Waals surface area (Å²) in [4.78, 5) is 22.9. The molecule has 2 amide bonds. The highest BCUT2D eigenvalue weighted by Gasteiger charge is 2.44. The van der Waals surface area contributed by atoms with E-state index in [1.165, 1.54) is 0 Å². The summed E-state index contributed by atoms with van der Waals surface area (Å²) in [6, 6.07) is 8.58. The number of carbonyl (C=O) groups is 2. The Morgan fingerprint density at radius 1 is 1.29 bits per heavy atom. The molecule has 0 aliphatic heterocycles. The molecule has 110 valence electrons. The quantitative estimate of drug-likeness (QED) is 0.772. The molecule has 6 heteroatoms. The zero-order valence-corrected chi connectivity index (χ0v) is 11.6. The SMILES string of the molecule is N#CCc1ccc(NC(=O)NCC2(C(=O)O)CCC2)cc1. The standard InChI is InChI=1S/C15H17N3O3/c16-9-6-11-2-4-12(5-3-11)18-14(21)17-10-15(13(19)20)7-1-8-15/h2-5H,1,6-8,10H2,(H,19,20)(H2,17,18,21). The second-order valence-corrected chi connectivity index (χ2v) is 5.28. The van der Waals surface area contributed by atoms with Gasteiger partial charge in [0.25, 0.3) is 0 Å². The largest absolute Gasteiger partial charge is 0.481 e. The van der Waals surface area contributed by atoms with Gasteiger partial charge >= 0.3 is 12.0 Å². The lowest BCUT2D eigenvalue weighted by Gasteiger charge is -2.37. The van der Waals surface area contributed by atoms with Crippen LogP contribution in [0, 0.1) is 16.7 Å². The number of urea groups is 1. The summed E-state index contributed by atoms with van der Waals surface area (Å²) in [6.07, 6.45) is 2.42. The minimum absolute atomic E-state index is 0.140. The van der Waals surface area contributed by atoms with Gasteiger partial charge in [0, 0.05) is 12.2 Å². The molecule has 0 bridgehead atoms. The first kappa shape index (κ1) is 14.9. The first-order chi connectivity index (χ1) is 10.1. The fraction of sp³-hybridized carbons (Fsp3) is 0.400. The third kappa shape index (κ3) is 3.51. The van der Waals surface area contributed by atoms with Gasteiger partial charge in [-0.25, -0.2) is 4.79 Å². The van der Waals surface area contributed by atoms with Crippen molar-refractivity contribution in [2.24, 2.45) is 5.41 Å². The molecule has 1 fully saturated rings. The van der Waals surface area contributed by atoms with E-state index in [4.69, 9.17) is 10.4 Å². The third-order valence-corrected chi connectivity index (χ3v) is 3.85. The molecule has 0 heterocycles. The summed E-state index contributed by atoms with van der Waals surface area (Å²) in [5, 5.41) is 23.0. The lowest BCUT2D eigenvalue weighted by atomic mass is 9.69. The Labute approximate surface area is 122 Å². The van der Waals surface area contributed by atoms with E-state index in [0.29, 0.717) is 24.9 Å². The van der Waals surface area contributed by atoms with Gasteiger partial charge in [-0.05, 0) is 30.5 Å². The van der Waals surface area contributed by atoms with Crippen LogP contribution < -0.4 is 10.6 Å². The van der Waals surface area contributed by atoms with Crippen LogP contribution in [0.1, 0.15) is 24.8 Å². The van der Waals surface area contributed by atoms with E-state index in [0.717, 1.165) is 12.0 Å². The number of amides is 2. The molecule has 1 aliphatic rings. The van der Waals surface area contributed by atoms with Crippen LogP contribution in [0.25, 0.3) is 0 Å². The van der Waals surface area contributed by atoms with E-state index < -0.39 is 17.4 Å². The van der Waals surface area contributed by atoms with Gasteiger partial charge in [-0.3, -0.25) is 4.79 Å². The Kier molecular flexibility index (Phi) is 4.43. The van der Waals surface area contributed by atoms with E-state index in [1.807, 2.05) is 6.07 Å². The van der Waals surface area contributed by atoms with Gasteiger partial charge in [0.05, 0.1) is 17.9 Å². The molecule has 1 saturated carbocycles. The predicted octanol–water partition coefficient (Wildman–Crippen LogP) is 2.13. The lowest BCUT2D eigenvalue weighted by Crippen LogP contribution is -2.48. The van der Waals surface area contributed by atoms with Gasteiger partial charge in [-0.1, -0.05) is 18.6 Å². The maximum Gasteiger partial charge on any atom is 0.319 e. The molecule has 0 radical (unpaired) electrons. The predicted molar refractivity (Wildman–Crippen MR) is 76.7 cm³/mol. The number of hydrogen-bond acceptors (Lipinski definition) is 3. The Bertz CT molecular complexity index is 571. The van der Waals surface area contributed by atoms with Gasteiger partial charge < -0.3 is 15.7 Å². The van der Waals surface area contributed by atoms with Crippen molar-refractivity contribution in [3.63, 3.8) is 0 Å². The van der Waals surface area contributed by atoms with E-state index in [9.17, 15) is 9.59 Å². The molecular formula is C15H17N3O3. The van der Waals surface area contributed by atoms with Crippen molar-refractivity contribution in [3.05, 3.63) is 29.8 Å². The summed E-state index contributed by atoms with van der Waals surface area (Å²) in [7, 11) is 0. The highest BCUT2D eigenvalue weighted by molar-refractivity contribution is 5.89. The molecule has 6 nitrogen and oxygen atoms in total. The van der Waals surface area contributed by atoms with Crippen LogP contribution in [0.3, 0.4) is 0 Å². The fourth-order valence-electron chi connectivity index (χ4n) is 2.29. The molecule has 0 unspecified atom stereocenters. The number of carboxylic acid groups (broad SMARTS) is 1. The minimum atomic E-state index is -0.852. The number of carbonyl (C=O) groups excluding carboxylic acids is 1. The van der Waals surface area contributed by atoms with Crippen molar-refractivity contribution in [1.82, 2.24) is 5.32 Å². The molecular weight excluding hydrogens is 270 g/mol.